The van der Waals surface area contributed by atoms with Gasteiger partial charge in [0.25, 0.3) is 0 Å². The van der Waals surface area contributed by atoms with Gasteiger partial charge in [-0.3, -0.25) is 4.79 Å². The van der Waals surface area contributed by atoms with E-state index in [0.717, 1.165) is 22.9 Å². The molecule has 0 bridgehead atoms. The molecule has 0 saturated carbocycles. The van der Waals surface area contributed by atoms with E-state index >= 15 is 0 Å². The van der Waals surface area contributed by atoms with Crippen LogP contribution in [0.4, 0.5) is 0 Å². The third-order valence-corrected chi connectivity index (χ3v) is 4.25. The van der Waals surface area contributed by atoms with Crippen LogP contribution in [0.15, 0.2) is 36.5 Å². The summed E-state index contributed by atoms with van der Waals surface area (Å²) in [7, 11) is 0. The standard InChI is InChI=1S/C20H19N5O/c1-12-9-18(24-15(4)23-12)17(11-21)20(26)16-10-13(2)25(14(16)3)19-7-5-6-8-22-19/h5-10,17H,1-4H3. The van der Waals surface area contributed by atoms with Gasteiger partial charge < -0.3 is 4.57 Å². The first-order valence-electron chi connectivity index (χ1n) is 8.28. The molecule has 0 N–H and O–H groups in total. The second-order valence-electron chi connectivity index (χ2n) is 6.22. The van der Waals surface area contributed by atoms with Crippen LogP contribution < -0.4 is 0 Å². The Morgan fingerprint density at radius 2 is 1.92 bits per heavy atom. The molecule has 1 unspecified atom stereocenters. The molecule has 1 atom stereocenters. The Balaban J connectivity index is 2.06. The molecular formula is C20H19N5O. The molecular weight excluding hydrogens is 326 g/mol. The average molecular weight is 345 g/mol. The van der Waals surface area contributed by atoms with Gasteiger partial charge in [0.05, 0.1) is 11.8 Å². The van der Waals surface area contributed by atoms with Gasteiger partial charge in [0, 0.05) is 28.8 Å². The van der Waals surface area contributed by atoms with Gasteiger partial charge in [-0.15, -0.1) is 0 Å². The number of rotatable bonds is 4. The smallest absolute Gasteiger partial charge is 0.187 e. The minimum atomic E-state index is -0.965. The van der Waals surface area contributed by atoms with Gasteiger partial charge >= 0.3 is 0 Å². The summed E-state index contributed by atoms with van der Waals surface area (Å²) >= 11 is 0. The van der Waals surface area contributed by atoms with Gasteiger partial charge in [-0.05, 0) is 52.0 Å². The van der Waals surface area contributed by atoms with Crippen molar-refractivity contribution in [1.82, 2.24) is 19.5 Å². The Kier molecular flexibility index (Phi) is 4.63. The van der Waals surface area contributed by atoms with E-state index in [1.807, 2.05) is 43.5 Å². The second kappa shape index (κ2) is 6.89. The molecule has 0 amide bonds. The molecule has 26 heavy (non-hydrogen) atoms. The van der Waals surface area contributed by atoms with Crippen LogP contribution in [-0.4, -0.2) is 25.3 Å². The van der Waals surface area contributed by atoms with E-state index in [-0.39, 0.29) is 5.78 Å². The molecule has 3 aromatic heterocycles. The zero-order chi connectivity index (χ0) is 18.8. The molecule has 3 rings (SSSR count). The van der Waals surface area contributed by atoms with E-state index in [1.165, 1.54) is 0 Å². The maximum absolute atomic E-state index is 13.1. The molecule has 6 nitrogen and oxygen atoms in total. The highest BCUT2D eigenvalue weighted by Gasteiger charge is 2.27. The minimum absolute atomic E-state index is 0.264. The first kappa shape index (κ1) is 17.5. The highest BCUT2D eigenvalue weighted by molar-refractivity contribution is 6.03. The summed E-state index contributed by atoms with van der Waals surface area (Å²) in [5.74, 6) is 0.0594. The van der Waals surface area contributed by atoms with Crippen molar-refractivity contribution in [1.29, 1.82) is 5.26 Å². The Hall–Kier alpha value is -3.33. The van der Waals surface area contributed by atoms with Crippen molar-refractivity contribution in [3.05, 3.63) is 70.7 Å². The molecule has 0 fully saturated rings. The summed E-state index contributed by atoms with van der Waals surface area (Å²) in [6.07, 6.45) is 1.71. The lowest BCUT2D eigenvalue weighted by atomic mass is 9.95. The first-order valence-corrected chi connectivity index (χ1v) is 8.28. The Morgan fingerprint density at radius 3 is 2.54 bits per heavy atom. The van der Waals surface area contributed by atoms with E-state index in [4.69, 9.17) is 0 Å². The maximum atomic E-state index is 13.1. The molecule has 3 heterocycles. The highest BCUT2D eigenvalue weighted by Crippen LogP contribution is 2.26. The van der Waals surface area contributed by atoms with E-state index in [2.05, 4.69) is 21.0 Å². The molecule has 0 aliphatic carbocycles. The van der Waals surface area contributed by atoms with Gasteiger partial charge in [0.1, 0.15) is 11.6 Å². The van der Waals surface area contributed by atoms with Gasteiger partial charge in [-0.1, -0.05) is 6.07 Å². The second-order valence-corrected chi connectivity index (χ2v) is 6.22. The lowest BCUT2D eigenvalue weighted by molar-refractivity contribution is 0.0977. The predicted molar refractivity (Wildman–Crippen MR) is 97.2 cm³/mol. The van der Waals surface area contributed by atoms with Crippen molar-refractivity contribution in [3.63, 3.8) is 0 Å². The van der Waals surface area contributed by atoms with Crippen LogP contribution in [-0.2, 0) is 0 Å². The van der Waals surface area contributed by atoms with Crippen LogP contribution >= 0.6 is 0 Å². The number of carbonyl (C=O) groups is 1. The summed E-state index contributed by atoms with van der Waals surface area (Å²) in [4.78, 5) is 26.0. The number of pyridine rings is 1. The zero-order valence-electron chi connectivity index (χ0n) is 15.2. The topological polar surface area (TPSA) is 84.5 Å². The number of carbonyl (C=O) groups excluding carboxylic acids is 1. The number of Topliss-reactive ketones (excluding diaryl/α,β-unsaturated/α-hetero) is 1. The van der Waals surface area contributed by atoms with Crippen LogP contribution in [0.2, 0.25) is 0 Å². The largest absolute Gasteiger partial charge is 0.302 e. The number of hydrogen-bond acceptors (Lipinski definition) is 5. The predicted octanol–water partition coefficient (Wildman–Crippen LogP) is 3.39. The Bertz CT molecular complexity index is 994. The maximum Gasteiger partial charge on any atom is 0.187 e. The average Bonchev–Trinajstić information content (AvgIpc) is 2.90. The molecule has 0 spiro atoms. The van der Waals surface area contributed by atoms with E-state index in [9.17, 15) is 10.1 Å². The van der Waals surface area contributed by atoms with E-state index in [0.29, 0.717) is 17.1 Å². The summed E-state index contributed by atoms with van der Waals surface area (Å²) in [5, 5.41) is 9.63. The zero-order valence-corrected chi connectivity index (χ0v) is 15.2. The monoisotopic (exact) mass is 345 g/mol. The van der Waals surface area contributed by atoms with Crippen molar-refractivity contribution < 1.29 is 4.79 Å². The fourth-order valence-electron chi connectivity index (χ4n) is 3.16. The number of aryl methyl sites for hydroxylation is 3. The molecule has 0 aliphatic rings. The lowest BCUT2D eigenvalue weighted by Gasteiger charge is -2.11. The SMILES string of the molecule is Cc1cc(C(C#N)C(=O)c2cc(C)n(-c3ccccn3)c2C)nc(C)n1. The molecule has 3 aromatic rings. The van der Waals surface area contributed by atoms with E-state index in [1.54, 1.807) is 25.3 Å². The number of hydrogen-bond donors (Lipinski definition) is 0. The molecule has 0 radical (unpaired) electrons. The minimum Gasteiger partial charge on any atom is -0.302 e. The summed E-state index contributed by atoms with van der Waals surface area (Å²) in [6.45, 7) is 7.35. The number of nitriles is 1. The van der Waals surface area contributed by atoms with Crippen molar-refractivity contribution in [2.75, 3.05) is 0 Å². The van der Waals surface area contributed by atoms with Crippen LogP contribution in [0.25, 0.3) is 5.82 Å². The third-order valence-electron chi connectivity index (χ3n) is 4.25. The van der Waals surface area contributed by atoms with Gasteiger partial charge in [0.15, 0.2) is 11.7 Å². The fourth-order valence-corrected chi connectivity index (χ4v) is 3.16. The van der Waals surface area contributed by atoms with Crippen LogP contribution in [0, 0.1) is 39.0 Å². The van der Waals surface area contributed by atoms with Gasteiger partial charge in [-0.25, -0.2) is 15.0 Å². The van der Waals surface area contributed by atoms with E-state index < -0.39 is 5.92 Å². The number of aromatic nitrogens is 4. The summed E-state index contributed by atoms with van der Waals surface area (Å²) in [6, 6.07) is 11.2. The van der Waals surface area contributed by atoms with Crippen molar-refractivity contribution >= 4 is 5.78 Å². The summed E-state index contributed by atoms with van der Waals surface area (Å²) < 4.78 is 1.91. The first-order chi connectivity index (χ1) is 12.4. The van der Waals surface area contributed by atoms with Gasteiger partial charge in [0.2, 0.25) is 0 Å². The van der Waals surface area contributed by atoms with Crippen LogP contribution in [0.1, 0.15) is 44.9 Å². The van der Waals surface area contributed by atoms with Crippen molar-refractivity contribution in [3.8, 4) is 11.9 Å². The molecule has 0 aliphatic heterocycles. The van der Waals surface area contributed by atoms with Crippen LogP contribution in [0.5, 0.6) is 0 Å². The van der Waals surface area contributed by atoms with Gasteiger partial charge in [-0.2, -0.15) is 5.26 Å². The van der Waals surface area contributed by atoms with Crippen molar-refractivity contribution in [2.24, 2.45) is 0 Å². The number of ketones is 1. The van der Waals surface area contributed by atoms with Crippen molar-refractivity contribution in [2.45, 2.75) is 33.6 Å². The normalized spacial score (nSPS) is 11.8. The molecule has 0 saturated heterocycles. The quantitative estimate of drug-likeness (QED) is 0.677. The van der Waals surface area contributed by atoms with Crippen LogP contribution in [0.3, 0.4) is 0 Å². The fraction of sp³-hybridized carbons (Fsp3) is 0.250. The molecule has 6 heteroatoms. The lowest BCUT2D eigenvalue weighted by Crippen LogP contribution is -2.15. The Labute approximate surface area is 152 Å². The molecule has 0 aromatic carbocycles. The number of nitrogens with zero attached hydrogens (tertiary/aromatic N) is 5. The molecule has 130 valence electrons. The highest BCUT2D eigenvalue weighted by atomic mass is 16.1. The third kappa shape index (κ3) is 3.11. The summed E-state index contributed by atoms with van der Waals surface area (Å²) in [5.41, 5.74) is 3.32. The Morgan fingerprint density at radius 1 is 1.15 bits per heavy atom.